The standard InChI is InChI=1S/C11H11F4NOS/c12-9-3-2-7(18)6-8(9)10(17)16-5-1-4-11(13,14)15/h2-3,6,18H,1,4-5H2,(H,16,17). The number of hydrogen-bond acceptors (Lipinski definition) is 2. The maximum absolute atomic E-state index is 13.2. The van der Waals surface area contributed by atoms with Gasteiger partial charge in [-0.3, -0.25) is 4.79 Å². The van der Waals surface area contributed by atoms with E-state index in [0.29, 0.717) is 4.90 Å². The molecule has 0 saturated carbocycles. The molecule has 0 heterocycles. The van der Waals surface area contributed by atoms with Crippen LogP contribution in [0.5, 0.6) is 0 Å². The van der Waals surface area contributed by atoms with E-state index < -0.39 is 24.3 Å². The maximum Gasteiger partial charge on any atom is 0.389 e. The van der Waals surface area contributed by atoms with E-state index in [4.69, 9.17) is 0 Å². The second-order valence-electron chi connectivity index (χ2n) is 3.64. The third-order valence-corrected chi connectivity index (χ3v) is 2.40. The van der Waals surface area contributed by atoms with E-state index in [2.05, 4.69) is 17.9 Å². The van der Waals surface area contributed by atoms with Gasteiger partial charge in [0, 0.05) is 17.9 Å². The van der Waals surface area contributed by atoms with Crippen LogP contribution in [-0.2, 0) is 0 Å². The Morgan fingerprint density at radius 1 is 1.33 bits per heavy atom. The molecule has 0 saturated heterocycles. The Hall–Kier alpha value is -1.24. The van der Waals surface area contributed by atoms with Crippen molar-refractivity contribution in [2.75, 3.05) is 6.54 Å². The molecule has 1 amide bonds. The molecule has 1 rings (SSSR count). The summed E-state index contributed by atoms with van der Waals surface area (Å²) in [4.78, 5) is 11.9. The van der Waals surface area contributed by atoms with Crippen molar-refractivity contribution in [3.05, 3.63) is 29.6 Å². The average Bonchev–Trinajstić information content (AvgIpc) is 2.26. The second-order valence-corrected chi connectivity index (χ2v) is 4.16. The summed E-state index contributed by atoms with van der Waals surface area (Å²) in [5.41, 5.74) is -0.227. The predicted octanol–water partition coefficient (Wildman–Crippen LogP) is 3.19. The minimum atomic E-state index is -4.25. The second kappa shape index (κ2) is 6.08. The van der Waals surface area contributed by atoms with Crippen molar-refractivity contribution in [1.82, 2.24) is 5.32 Å². The van der Waals surface area contributed by atoms with Gasteiger partial charge in [-0.15, -0.1) is 12.6 Å². The first kappa shape index (κ1) is 14.8. The first-order valence-electron chi connectivity index (χ1n) is 5.13. The van der Waals surface area contributed by atoms with Gasteiger partial charge in [0.25, 0.3) is 5.91 Å². The number of alkyl halides is 3. The zero-order chi connectivity index (χ0) is 13.8. The molecule has 7 heteroatoms. The summed E-state index contributed by atoms with van der Waals surface area (Å²) in [5, 5.41) is 2.23. The van der Waals surface area contributed by atoms with Crippen LogP contribution < -0.4 is 5.32 Å². The van der Waals surface area contributed by atoms with Gasteiger partial charge in [-0.25, -0.2) is 4.39 Å². The molecular weight excluding hydrogens is 270 g/mol. The number of hydrogen-bond donors (Lipinski definition) is 2. The van der Waals surface area contributed by atoms with Gasteiger partial charge in [-0.05, 0) is 24.6 Å². The summed E-state index contributed by atoms with van der Waals surface area (Å²) in [6.45, 7) is -0.158. The molecule has 0 spiro atoms. The van der Waals surface area contributed by atoms with Gasteiger partial charge in [-0.2, -0.15) is 13.2 Å². The van der Waals surface area contributed by atoms with Crippen molar-refractivity contribution in [3.63, 3.8) is 0 Å². The highest BCUT2D eigenvalue weighted by atomic mass is 32.1. The predicted molar refractivity (Wildman–Crippen MR) is 61.3 cm³/mol. The topological polar surface area (TPSA) is 29.1 Å². The molecule has 100 valence electrons. The molecule has 0 atom stereocenters. The van der Waals surface area contributed by atoms with Crippen LogP contribution in [0.2, 0.25) is 0 Å². The van der Waals surface area contributed by atoms with E-state index in [0.717, 1.165) is 6.07 Å². The minimum absolute atomic E-state index is 0.158. The third-order valence-electron chi connectivity index (χ3n) is 2.12. The van der Waals surface area contributed by atoms with Gasteiger partial charge >= 0.3 is 6.18 Å². The molecule has 2 nitrogen and oxygen atoms in total. The van der Waals surface area contributed by atoms with Gasteiger partial charge in [0.2, 0.25) is 0 Å². The molecule has 0 aliphatic heterocycles. The number of benzene rings is 1. The molecule has 1 N–H and O–H groups in total. The lowest BCUT2D eigenvalue weighted by atomic mass is 10.2. The molecule has 18 heavy (non-hydrogen) atoms. The normalized spacial score (nSPS) is 11.4. The fourth-order valence-electron chi connectivity index (χ4n) is 1.27. The number of amides is 1. The molecule has 0 aliphatic carbocycles. The van der Waals surface area contributed by atoms with E-state index in [1.807, 2.05) is 0 Å². The summed E-state index contributed by atoms with van der Waals surface area (Å²) < 4.78 is 48.8. The summed E-state index contributed by atoms with van der Waals surface area (Å²) in [6, 6.07) is 3.67. The van der Waals surface area contributed by atoms with Crippen molar-refractivity contribution in [2.24, 2.45) is 0 Å². The summed E-state index contributed by atoms with van der Waals surface area (Å²) in [6.07, 6.45) is -5.47. The van der Waals surface area contributed by atoms with Crippen LogP contribution in [0.15, 0.2) is 23.1 Å². The number of thiol groups is 1. The van der Waals surface area contributed by atoms with E-state index in [-0.39, 0.29) is 18.5 Å². The Kier molecular flexibility index (Phi) is 5.01. The smallest absolute Gasteiger partial charge is 0.352 e. The SMILES string of the molecule is O=C(NCCCC(F)(F)F)c1cc(S)ccc1F. The molecule has 1 aromatic rings. The molecule has 0 radical (unpaired) electrons. The fraction of sp³-hybridized carbons (Fsp3) is 0.364. The van der Waals surface area contributed by atoms with E-state index >= 15 is 0 Å². The molecule has 0 bridgehead atoms. The molecular formula is C11H11F4NOS. The first-order valence-corrected chi connectivity index (χ1v) is 5.58. The lowest BCUT2D eigenvalue weighted by Gasteiger charge is -2.08. The molecule has 0 fully saturated rings. The van der Waals surface area contributed by atoms with E-state index in [1.165, 1.54) is 12.1 Å². The Bertz CT molecular complexity index is 434. The van der Waals surface area contributed by atoms with Crippen molar-refractivity contribution >= 4 is 18.5 Å². The number of carbonyl (C=O) groups excluding carboxylic acids is 1. The van der Waals surface area contributed by atoms with E-state index in [1.54, 1.807) is 0 Å². The fourth-order valence-corrected chi connectivity index (χ4v) is 1.48. The van der Waals surface area contributed by atoms with Gasteiger partial charge in [0.05, 0.1) is 5.56 Å². The Morgan fingerprint density at radius 3 is 2.61 bits per heavy atom. The monoisotopic (exact) mass is 281 g/mol. The van der Waals surface area contributed by atoms with E-state index in [9.17, 15) is 22.4 Å². The van der Waals surface area contributed by atoms with Gasteiger partial charge < -0.3 is 5.32 Å². The van der Waals surface area contributed by atoms with Crippen molar-refractivity contribution in [3.8, 4) is 0 Å². The van der Waals surface area contributed by atoms with Gasteiger partial charge in [-0.1, -0.05) is 0 Å². The number of rotatable bonds is 4. The van der Waals surface area contributed by atoms with Crippen LogP contribution in [0.4, 0.5) is 17.6 Å². The van der Waals surface area contributed by atoms with Crippen molar-refractivity contribution in [2.45, 2.75) is 23.9 Å². The average molecular weight is 281 g/mol. The van der Waals surface area contributed by atoms with Crippen molar-refractivity contribution < 1.29 is 22.4 Å². The number of nitrogens with one attached hydrogen (secondary N) is 1. The summed E-state index contributed by atoms with van der Waals surface area (Å²) in [7, 11) is 0. The van der Waals surface area contributed by atoms with Crippen LogP contribution in [0.25, 0.3) is 0 Å². The molecule has 0 aromatic heterocycles. The highest BCUT2D eigenvalue weighted by Crippen LogP contribution is 2.20. The van der Waals surface area contributed by atoms with Crippen LogP contribution in [-0.4, -0.2) is 18.6 Å². The van der Waals surface area contributed by atoms with Crippen LogP contribution in [0.3, 0.4) is 0 Å². The van der Waals surface area contributed by atoms with Crippen LogP contribution in [0, 0.1) is 5.82 Å². The van der Waals surface area contributed by atoms with Crippen molar-refractivity contribution in [1.29, 1.82) is 0 Å². The maximum atomic E-state index is 13.2. The molecule has 0 unspecified atom stereocenters. The van der Waals surface area contributed by atoms with Crippen LogP contribution in [0.1, 0.15) is 23.2 Å². The van der Waals surface area contributed by atoms with Gasteiger partial charge in [0.15, 0.2) is 0 Å². The first-order chi connectivity index (χ1) is 8.29. The Morgan fingerprint density at radius 2 is 2.00 bits per heavy atom. The van der Waals surface area contributed by atoms with Gasteiger partial charge in [0.1, 0.15) is 5.82 Å². The number of halogens is 4. The quantitative estimate of drug-likeness (QED) is 0.495. The zero-order valence-corrected chi connectivity index (χ0v) is 10.1. The highest BCUT2D eigenvalue weighted by Gasteiger charge is 2.26. The number of carbonyl (C=O) groups is 1. The Labute approximate surface area is 107 Å². The lowest BCUT2D eigenvalue weighted by molar-refractivity contribution is -0.135. The highest BCUT2D eigenvalue weighted by molar-refractivity contribution is 7.80. The molecule has 0 aliphatic rings. The Balaban J connectivity index is 2.48. The largest absolute Gasteiger partial charge is 0.389 e. The van der Waals surface area contributed by atoms with Crippen LogP contribution >= 0.6 is 12.6 Å². The summed E-state index contributed by atoms with van der Waals surface area (Å²) >= 11 is 3.95. The molecule has 1 aromatic carbocycles. The third kappa shape index (κ3) is 4.95. The minimum Gasteiger partial charge on any atom is -0.352 e. The summed E-state index contributed by atoms with van der Waals surface area (Å²) in [5.74, 6) is -1.48. The zero-order valence-electron chi connectivity index (χ0n) is 9.22. The lowest BCUT2D eigenvalue weighted by Crippen LogP contribution is -2.26.